The van der Waals surface area contributed by atoms with E-state index in [1.807, 2.05) is 61.5 Å². The first-order chi connectivity index (χ1) is 18.4. The summed E-state index contributed by atoms with van der Waals surface area (Å²) < 4.78 is 5.88. The van der Waals surface area contributed by atoms with Crippen molar-refractivity contribution in [3.8, 4) is 16.9 Å². The van der Waals surface area contributed by atoms with E-state index in [2.05, 4.69) is 10.6 Å². The Labute approximate surface area is 223 Å². The van der Waals surface area contributed by atoms with Crippen LogP contribution < -0.4 is 15.4 Å². The Bertz CT molecular complexity index is 1190. The van der Waals surface area contributed by atoms with Crippen LogP contribution in [0.5, 0.6) is 5.75 Å². The number of amides is 3. The quantitative estimate of drug-likeness (QED) is 0.498. The predicted molar refractivity (Wildman–Crippen MR) is 142 cm³/mol. The van der Waals surface area contributed by atoms with Crippen molar-refractivity contribution in [2.75, 3.05) is 19.7 Å². The molecule has 3 fully saturated rings. The maximum atomic E-state index is 13.5. The fraction of sp³-hybridized carbons (Fsp3) is 0.467. The minimum Gasteiger partial charge on any atom is -0.484 e. The molecule has 1 aliphatic carbocycles. The zero-order valence-corrected chi connectivity index (χ0v) is 21.7. The van der Waals surface area contributed by atoms with Crippen molar-refractivity contribution in [1.29, 1.82) is 0 Å². The number of hydrogen-bond donors (Lipinski definition) is 2. The van der Waals surface area contributed by atoms with Gasteiger partial charge >= 0.3 is 0 Å². The van der Waals surface area contributed by atoms with Gasteiger partial charge in [0.2, 0.25) is 11.8 Å². The lowest BCUT2D eigenvalue weighted by Crippen LogP contribution is -2.52. The van der Waals surface area contributed by atoms with Crippen LogP contribution >= 0.6 is 0 Å². The van der Waals surface area contributed by atoms with Gasteiger partial charge < -0.3 is 25.1 Å². The third-order valence-electron chi connectivity index (χ3n) is 8.40. The second-order valence-corrected chi connectivity index (χ2v) is 10.8. The van der Waals surface area contributed by atoms with Crippen LogP contribution in [0.1, 0.15) is 32.6 Å². The Morgan fingerprint density at radius 1 is 1.13 bits per heavy atom. The first kappa shape index (κ1) is 25.9. The maximum Gasteiger partial charge on any atom is 0.261 e. The van der Waals surface area contributed by atoms with E-state index in [4.69, 9.17) is 4.74 Å². The Kier molecular flexibility index (Phi) is 7.77. The monoisotopic (exact) mass is 517 g/mol. The number of aldehydes is 1. The number of rotatable bonds is 9. The predicted octanol–water partition coefficient (Wildman–Crippen LogP) is 2.82. The molecule has 2 heterocycles. The number of carbonyl (C=O) groups excluding carboxylic acids is 4. The standard InChI is InChI=1S/C30H35N3O5/c1-19-15-31-29(36)26(19)14-23(17-34)32-30(37)28-25-12-6-10-22(25)16-33(28)27(35)18-38-24-11-5-9-21(13-24)20-7-3-2-4-8-20/h2-5,7-9,11,13,17,19,22-23,25-26,28H,6,10,12,14-16,18H2,1H3,(H,31,36)(H,32,37)/t19?,22-,23-,25-,26+,28-/m0/s1. The van der Waals surface area contributed by atoms with Gasteiger partial charge in [-0.2, -0.15) is 0 Å². The molecular formula is C30H35N3O5. The van der Waals surface area contributed by atoms with Crippen LogP contribution in [0.2, 0.25) is 0 Å². The van der Waals surface area contributed by atoms with Gasteiger partial charge in [-0.15, -0.1) is 0 Å². The summed E-state index contributed by atoms with van der Waals surface area (Å²) in [7, 11) is 0. The second kappa shape index (κ2) is 11.4. The molecule has 1 unspecified atom stereocenters. The van der Waals surface area contributed by atoms with E-state index in [9.17, 15) is 19.2 Å². The number of likely N-dealkylation sites (tertiary alicyclic amines) is 1. The van der Waals surface area contributed by atoms with E-state index >= 15 is 0 Å². The second-order valence-electron chi connectivity index (χ2n) is 10.8. The first-order valence-electron chi connectivity index (χ1n) is 13.6. The fourth-order valence-corrected chi connectivity index (χ4v) is 6.35. The van der Waals surface area contributed by atoms with Gasteiger partial charge in [0.15, 0.2) is 6.61 Å². The minimum absolute atomic E-state index is 0.0707. The Morgan fingerprint density at radius 3 is 2.66 bits per heavy atom. The van der Waals surface area contributed by atoms with Crippen LogP contribution in [0.4, 0.5) is 0 Å². The summed E-state index contributed by atoms with van der Waals surface area (Å²) in [5, 5.41) is 5.67. The zero-order valence-electron chi connectivity index (χ0n) is 21.7. The molecule has 0 bridgehead atoms. The van der Waals surface area contributed by atoms with E-state index in [0.29, 0.717) is 25.1 Å². The van der Waals surface area contributed by atoms with Crippen molar-refractivity contribution < 1.29 is 23.9 Å². The van der Waals surface area contributed by atoms with Gasteiger partial charge in [0, 0.05) is 19.0 Å². The first-order valence-corrected chi connectivity index (χ1v) is 13.6. The molecule has 2 N–H and O–H groups in total. The highest BCUT2D eigenvalue weighted by molar-refractivity contribution is 5.91. The third-order valence-corrected chi connectivity index (χ3v) is 8.40. The highest BCUT2D eigenvalue weighted by atomic mass is 16.5. The number of benzene rings is 2. The van der Waals surface area contributed by atoms with Crippen molar-refractivity contribution in [1.82, 2.24) is 15.5 Å². The van der Waals surface area contributed by atoms with Gasteiger partial charge in [-0.05, 0) is 60.3 Å². The van der Waals surface area contributed by atoms with Crippen LogP contribution in [-0.4, -0.2) is 60.7 Å². The van der Waals surface area contributed by atoms with E-state index in [1.54, 1.807) is 4.90 Å². The summed E-state index contributed by atoms with van der Waals surface area (Å²) in [6.07, 6.45) is 3.85. The smallest absolute Gasteiger partial charge is 0.261 e. The molecule has 200 valence electrons. The lowest BCUT2D eigenvalue weighted by molar-refractivity contribution is -0.141. The molecule has 3 aliphatic rings. The molecule has 2 aromatic carbocycles. The van der Waals surface area contributed by atoms with Crippen molar-refractivity contribution in [2.24, 2.45) is 23.7 Å². The van der Waals surface area contributed by atoms with E-state index in [0.717, 1.165) is 30.4 Å². The van der Waals surface area contributed by atoms with Crippen LogP contribution in [0, 0.1) is 23.7 Å². The van der Waals surface area contributed by atoms with Gasteiger partial charge in [0.25, 0.3) is 5.91 Å². The molecule has 8 nitrogen and oxygen atoms in total. The number of hydrogen-bond acceptors (Lipinski definition) is 5. The molecule has 3 amide bonds. The lowest BCUT2D eigenvalue weighted by atomic mass is 9.90. The minimum atomic E-state index is -0.770. The maximum absolute atomic E-state index is 13.5. The van der Waals surface area contributed by atoms with E-state index in [-0.39, 0.29) is 54.4 Å². The van der Waals surface area contributed by atoms with Crippen molar-refractivity contribution in [3.05, 3.63) is 54.6 Å². The highest BCUT2D eigenvalue weighted by Gasteiger charge is 2.49. The average molecular weight is 518 g/mol. The number of carbonyl (C=O) groups is 4. The summed E-state index contributed by atoms with van der Waals surface area (Å²) in [6, 6.07) is 16.1. The topological polar surface area (TPSA) is 105 Å². The van der Waals surface area contributed by atoms with E-state index in [1.165, 1.54) is 0 Å². The number of fused-ring (bicyclic) bond motifs is 1. The molecule has 0 spiro atoms. The molecule has 8 heteroatoms. The number of ether oxygens (including phenoxy) is 1. The average Bonchev–Trinajstić information content (AvgIpc) is 3.63. The summed E-state index contributed by atoms with van der Waals surface area (Å²) in [5.41, 5.74) is 2.05. The molecule has 2 aromatic rings. The van der Waals surface area contributed by atoms with Crippen LogP contribution in [-0.2, 0) is 19.2 Å². The number of nitrogens with one attached hydrogen (secondary N) is 2. The molecule has 1 saturated carbocycles. The van der Waals surface area contributed by atoms with Crippen molar-refractivity contribution in [3.63, 3.8) is 0 Å². The highest BCUT2D eigenvalue weighted by Crippen LogP contribution is 2.42. The molecule has 0 aromatic heterocycles. The van der Waals surface area contributed by atoms with Crippen LogP contribution in [0.15, 0.2) is 54.6 Å². The van der Waals surface area contributed by atoms with Crippen LogP contribution in [0.3, 0.4) is 0 Å². The molecular weight excluding hydrogens is 482 g/mol. The molecule has 2 saturated heterocycles. The normalized spacial score (nSPS) is 26.9. The van der Waals surface area contributed by atoms with Gasteiger partial charge in [0.05, 0.1) is 6.04 Å². The van der Waals surface area contributed by atoms with Gasteiger partial charge in [-0.1, -0.05) is 55.8 Å². The Hall–Kier alpha value is -3.68. The molecule has 0 radical (unpaired) electrons. The van der Waals surface area contributed by atoms with Gasteiger partial charge in [-0.3, -0.25) is 14.4 Å². The van der Waals surface area contributed by atoms with E-state index < -0.39 is 12.1 Å². The van der Waals surface area contributed by atoms with Gasteiger partial charge in [0.1, 0.15) is 18.1 Å². The fourth-order valence-electron chi connectivity index (χ4n) is 6.35. The van der Waals surface area contributed by atoms with Crippen molar-refractivity contribution in [2.45, 2.75) is 44.7 Å². The Morgan fingerprint density at radius 2 is 1.92 bits per heavy atom. The largest absolute Gasteiger partial charge is 0.484 e. The van der Waals surface area contributed by atoms with Gasteiger partial charge in [-0.25, -0.2) is 0 Å². The van der Waals surface area contributed by atoms with Crippen LogP contribution in [0.25, 0.3) is 11.1 Å². The summed E-state index contributed by atoms with van der Waals surface area (Å²) in [4.78, 5) is 52.4. The SMILES string of the molecule is CC1CNC(=O)[C@@H]1C[C@@H](C=O)NC(=O)[C@@H]1[C@H]2CCC[C@H]2CN1C(=O)COc1cccc(-c2ccccc2)c1. The zero-order chi connectivity index (χ0) is 26.6. The molecule has 6 atom stereocenters. The van der Waals surface area contributed by atoms with Crippen molar-refractivity contribution >= 4 is 24.0 Å². The Balaban J connectivity index is 1.24. The summed E-state index contributed by atoms with van der Waals surface area (Å²) >= 11 is 0. The summed E-state index contributed by atoms with van der Waals surface area (Å²) in [5.74, 6) is 0.0748. The lowest BCUT2D eigenvalue weighted by Gasteiger charge is -2.28. The third kappa shape index (κ3) is 5.44. The number of nitrogens with zero attached hydrogens (tertiary/aromatic N) is 1. The molecule has 38 heavy (non-hydrogen) atoms. The molecule has 5 rings (SSSR count). The summed E-state index contributed by atoms with van der Waals surface area (Å²) in [6.45, 7) is 2.88. The molecule has 2 aliphatic heterocycles.